The van der Waals surface area contributed by atoms with E-state index in [9.17, 15) is 4.79 Å². The molecule has 0 spiro atoms. The van der Waals surface area contributed by atoms with Crippen LogP contribution < -0.4 is 5.32 Å². The molecule has 12 heavy (non-hydrogen) atoms. The molecule has 0 amide bonds. The average molecular weight is 173 g/mol. The Balaban J connectivity index is 3.56. The summed E-state index contributed by atoms with van der Waals surface area (Å²) in [6.07, 6.45) is 0.872. The second-order valence-electron chi connectivity index (χ2n) is 2.91. The smallest absolute Gasteiger partial charge is 0.135 e. The van der Waals surface area contributed by atoms with E-state index in [0.717, 1.165) is 19.5 Å². The van der Waals surface area contributed by atoms with Crippen LogP contribution in [0.4, 0.5) is 0 Å². The lowest BCUT2D eigenvalue weighted by Gasteiger charge is -2.12. The number of nitrogens with one attached hydrogen (secondary N) is 1. The quantitative estimate of drug-likeness (QED) is 0.580. The molecule has 0 heterocycles. The summed E-state index contributed by atoms with van der Waals surface area (Å²) in [4.78, 5) is 11.0. The number of ketones is 1. The lowest BCUT2D eigenvalue weighted by molar-refractivity contribution is -0.122. The highest BCUT2D eigenvalue weighted by atomic mass is 16.5. The summed E-state index contributed by atoms with van der Waals surface area (Å²) in [5.41, 5.74) is 0. The number of hydrogen-bond donors (Lipinski definition) is 1. The van der Waals surface area contributed by atoms with E-state index in [0.29, 0.717) is 6.61 Å². The second kappa shape index (κ2) is 7.25. The van der Waals surface area contributed by atoms with Crippen LogP contribution in [0.15, 0.2) is 0 Å². The predicted octanol–water partition coefficient (Wildman–Crippen LogP) is 0.838. The summed E-state index contributed by atoms with van der Waals surface area (Å²) in [6.45, 7) is 6.07. The zero-order chi connectivity index (χ0) is 9.40. The number of carbonyl (C=O) groups excluding carboxylic acids is 1. The van der Waals surface area contributed by atoms with Crippen molar-refractivity contribution in [3.05, 3.63) is 0 Å². The average Bonchev–Trinajstić information content (AvgIpc) is 2.03. The van der Waals surface area contributed by atoms with Crippen molar-refractivity contribution < 1.29 is 9.53 Å². The van der Waals surface area contributed by atoms with Crippen molar-refractivity contribution in [3.63, 3.8) is 0 Å². The molecule has 1 unspecified atom stereocenters. The highest BCUT2D eigenvalue weighted by molar-refractivity contribution is 5.78. The van der Waals surface area contributed by atoms with Crippen molar-refractivity contribution >= 4 is 5.78 Å². The molecule has 0 rings (SSSR count). The third-order valence-corrected chi connectivity index (χ3v) is 1.86. The molecule has 0 fully saturated rings. The lowest BCUT2D eigenvalue weighted by Crippen LogP contribution is -2.23. The van der Waals surface area contributed by atoms with Crippen molar-refractivity contribution in [2.45, 2.75) is 20.3 Å². The summed E-state index contributed by atoms with van der Waals surface area (Å²) in [5.74, 6) is 0.281. The molecule has 0 saturated carbocycles. The van der Waals surface area contributed by atoms with Crippen LogP contribution in [0.25, 0.3) is 0 Å². The van der Waals surface area contributed by atoms with Crippen molar-refractivity contribution in [2.75, 3.05) is 26.8 Å². The molecule has 0 bridgehead atoms. The van der Waals surface area contributed by atoms with Gasteiger partial charge in [0.15, 0.2) is 0 Å². The van der Waals surface area contributed by atoms with Gasteiger partial charge in [-0.25, -0.2) is 0 Å². The highest BCUT2D eigenvalue weighted by Gasteiger charge is 2.12. The van der Waals surface area contributed by atoms with Gasteiger partial charge in [0.05, 0.1) is 6.61 Å². The van der Waals surface area contributed by atoms with E-state index in [-0.39, 0.29) is 11.7 Å². The summed E-state index contributed by atoms with van der Waals surface area (Å²) in [7, 11) is 1.63. The molecule has 0 radical (unpaired) electrons. The van der Waals surface area contributed by atoms with Crippen LogP contribution in [0.1, 0.15) is 20.3 Å². The van der Waals surface area contributed by atoms with Crippen molar-refractivity contribution in [1.29, 1.82) is 0 Å². The fraction of sp³-hybridized carbons (Fsp3) is 0.889. The number of ether oxygens (including phenoxy) is 1. The van der Waals surface area contributed by atoms with Gasteiger partial charge in [-0.05, 0) is 26.4 Å². The summed E-state index contributed by atoms with van der Waals surface area (Å²) in [6, 6.07) is 0. The van der Waals surface area contributed by atoms with Gasteiger partial charge < -0.3 is 10.1 Å². The maximum Gasteiger partial charge on any atom is 0.135 e. The summed E-state index contributed by atoms with van der Waals surface area (Å²) in [5, 5.41) is 3.18. The molecule has 0 aromatic rings. The maximum atomic E-state index is 11.0. The standard InChI is InChI=1S/C9H19NO2/c1-4-10-6-5-9(7-12-3)8(2)11/h9-10H,4-7H2,1-3H3. The minimum absolute atomic E-state index is 0.0639. The zero-order valence-electron chi connectivity index (χ0n) is 8.22. The van der Waals surface area contributed by atoms with Crippen LogP contribution in [0.2, 0.25) is 0 Å². The monoisotopic (exact) mass is 173 g/mol. The van der Waals surface area contributed by atoms with E-state index < -0.39 is 0 Å². The summed E-state index contributed by atoms with van der Waals surface area (Å²) < 4.78 is 4.95. The number of methoxy groups -OCH3 is 1. The van der Waals surface area contributed by atoms with Crippen LogP contribution in [-0.2, 0) is 9.53 Å². The maximum absolute atomic E-state index is 11.0. The van der Waals surface area contributed by atoms with E-state index in [2.05, 4.69) is 12.2 Å². The van der Waals surface area contributed by atoms with Crippen molar-refractivity contribution in [1.82, 2.24) is 5.32 Å². The SMILES string of the molecule is CCNCCC(COC)C(C)=O. The first-order chi connectivity index (χ1) is 5.72. The Morgan fingerprint density at radius 1 is 1.58 bits per heavy atom. The third kappa shape index (κ3) is 5.27. The Kier molecular flexibility index (Phi) is 7.00. The molecule has 0 aliphatic carbocycles. The molecule has 3 heteroatoms. The fourth-order valence-corrected chi connectivity index (χ4v) is 1.06. The van der Waals surface area contributed by atoms with Crippen molar-refractivity contribution in [3.8, 4) is 0 Å². The zero-order valence-corrected chi connectivity index (χ0v) is 8.22. The summed E-state index contributed by atoms with van der Waals surface area (Å²) >= 11 is 0. The Hall–Kier alpha value is -0.410. The van der Waals surface area contributed by atoms with E-state index in [4.69, 9.17) is 4.74 Å². The molecule has 0 saturated heterocycles. The van der Waals surface area contributed by atoms with E-state index in [1.54, 1.807) is 14.0 Å². The molecule has 0 aromatic heterocycles. The van der Waals surface area contributed by atoms with Crippen molar-refractivity contribution in [2.24, 2.45) is 5.92 Å². The van der Waals surface area contributed by atoms with Gasteiger partial charge in [-0.2, -0.15) is 0 Å². The van der Waals surface area contributed by atoms with Crippen LogP contribution in [0.3, 0.4) is 0 Å². The van der Waals surface area contributed by atoms with Crippen LogP contribution >= 0.6 is 0 Å². The predicted molar refractivity (Wildman–Crippen MR) is 49.2 cm³/mol. The molecule has 0 aliphatic rings. The second-order valence-corrected chi connectivity index (χ2v) is 2.91. The molecule has 1 atom stereocenters. The Morgan fingerprint density at radius 2 is 2.25 bits per heavy atom. The number of hydrogen-bond acceptors (Lipinski definition) is 3. The molecule has 0 aliphatic heterocycles. The minimum Gasteiger partial charge on any atom is -0.384 e. The van der Waals surface area contributed by atoms with Gasteiger partial charge in [0.25, 0.3) is 0 Å². The lowest BCUT2D eigenvalue weighted by atomic mass is 10.0. The molecule has 72 valence electrons. The highest BCUT2D eigenvalue weighted by Crippen LogP contribution is 2.03. The van der Waals surface area contributed by atoms with Gasteiger partial charge in [-0.15, -0.1) is 0 Å². The van der Waals surface area contributed by atoms with Crippen LogP contribution in [-0.4, -0.2) is 32.6 Å². The first-order valence-electron chi connectivity index (χ1n) is 4.42. The number of Topliss-reactive ketones (excluding diaryl/α,β-unsaturated/α-hetero) is 1. The Labute approximate surface area is 74.5 Å². The molecular weight excluding hydrogens is 154 g/mol. The van der Waals surface area contributed by atoms with Gasteiger partial charge >= 0.3 is 0 Å². The topological polar surface area (TPSA) is 38.3 Å². The van der Waals surface area contributed by atoms with Gasteiger partial charge in [0.2, 0.25) is 0 Å². The number of rotatable bonds is 7. The molecule has 1 N–H and O–H groups in total. The number of carbonyl (C=O) groups is 1. The molecule has 0 aromatic carbocycles. The van der Waals surface area contributed by atoms with Gasteiger partial charge in [-0.3, -0.25) is 4.79 Å². The normalized spacial score (nSPS) is 12.9. The van der Waals surface area contributed by atoms with Crippen LogP contribution in [0.5, 0.6) is 0 Å². The third-order valence-electron chi connectivity index (χ3n) is 1.86. The van der Waals surface area contributed by atoms with Crippen LogP contribution in [0, 0.1) is 5.92 Å². The van der Waals surface area contributed by atoms with Gasteiger partial charge in [-0.1, -0.05) is 6.92 Å². The van der Waals surface area contributed by atoms with E-state index in [1.807, 2.05) is 0 Å². The van der Waals surface area contributed by atoms with Gasteiger partial charge in [0.1, 0.15) is 5.78 Å². The van der Waals surface area contributed by atoms with Gasteiger partial charge in [0, 0.05) is 13.0 Å². The first-order valence-corrected chi connectivity index (χ1v) is 4.42. The molecule has 3 nitrogen and oxygen atoms in total. The Morgan fingerprint density at radius 3 is 2.67 bits per heavy atom. The fourth-order valence-electron chi connectivity index (χ4n) is 1.06. The largest absolute Gasteiger partial charge is 0.384 e. The minimum atomic E-state index is 0.0639. The Bertz CT molecular complexity index is 126. The first kappa shape index (κ1) is 11.6. The van der Waals surface area contributed by atoms with E-state index >= 15 is 0 Å². The molecular formula is C9H19NO2. The van der Waals surface area contributed by atoms with E-state index in [1.165, 1.54) is 0 Å².